The lowest BCUT2D eigenvalue weighted by molar-refractivity contribution is 0.262. The third kappa shape index (κ3) is 5.11. The molecule has 3 rings (SSSR count). The number of nitrogens with one attached hydrogen (secondary N) is 2. The van der Waals surface area contributed by atoms with Crippen LogP contribution in [0.5, 0.6) is 0 Å². The highest BCUT2D eigenvalue weighted by molar-refractivity contribution is 7.89. The van der Waals surface area contributed by atoms with Gasteiger partial charge >= 0.3 is 6.03 Å². The molecular formula is C19H23N7O3S. The second kappa shape index (κ2) is 8.11. The molecule has 0 aliphatic rings. The SMILES string of the molecule is Cc1nn(C)c(C)c1NC(=O)Nc1ccc(-c2nc(N)cc(CS(C)(=O)=O)n2)cc1. The van der Waals surface area contributed by atoms with Crippen LogP contribution in [0, 0.1) is 13.8 Å². The summed E-state index contributed by atoms with van der Waals surface area (Å²) in [5.41, 5.74) is 9.56. The van der Waals surface area contributed by atoms with Crippen LogP contribution in [0.1, 0.15) is 17.1 Å². The van der Waals surface area contributed by atoms with Gasteiger partial charge in [0.1, 0.15) is 5.82 Å². The molecule has 2 heterocycles. The largest absolute Gasteiger partial charge is 0.384 e. The van der Waals surface area contributed by atoms with Gasteiger partial charge in [-0.15, -0.1) is 0 Å². The van der Waals surface area contributed by atoms with Crippen LogP contribution in [-0.2, 0) is 22.6 Å². The molecule has 2 amide bonds. The first-order chi connectivity index (χ1) is 14.0. The second-order valence-electron chi connectivity index (χ2n) is 7.00. The van der Waals surface area contributed by atoms with Gasteiger partial charge < -0.3 is 16.4 Å². The summed E-state index contributed by atoms with van der Waals surface area (Å²) in [5.74, 6) is 0.272. The second-order valence-corrected chi connectivity index (χ2v) is 9.14. The average Bonchev–Trinajstić information content (AvgIpc) is 2.86. The van der Waals surface area contributed by atoms with Crippen molar-refractivity contribution in [3.8, 4) is 11.4 Å². The van der Waals surface area contributed by atoms with Gasteiger partial charge in [-0.3, -0.25) is 4.68 Å². The van der Waals surface area contributed by atoms with Crippen LogP contribution in [0.15, 0.2) is 30.3 Å². The van der Waals surface area contributed by atoms with Gasteiger partial charge in [0.15, 0.2) is 15.7 Å². The van der Waals surface area contributed by atoms with E-state index < -0.39 is 15.9 Å². The molecule has 0 aliphatic carbocycles. The Kier molecular flexibility index (Phi) is 5.74. The summed E-state index contributed by atoms with van der Waals surface area (Å²) in [4.78, 5) is 20.8. The van der Waals surface area contributed by atoms with Gasteiger partial charge in [0.05, 0.1) is 28.5 Å². The number of carbonyl (C=O) groups is 1. The zero-order valence-electron chi connectivity index (χ0n) is 17.1. The van der Waals surface area contributed by atoms with Gasteiger partial charge in [0, 0.05) is 30.6 Å². The first kappa shape index (κ1) is 21.2. The predicted molar refractivity (Wildman–Crippen MR) is 116 cm³/mol. The van der Waals surface area contributed by atoms with E-state index >= 15 is 0 Å². The van der Waals surface area contributed by atoms with E-state index in [1.807, 2.05) is 20.9 Å². The lowest BCUT2D eigenvalue weighted by Gasteiger charge is -2.09. The molecule has 0 bridgehead atoms. The number of amides is 2. The number of aromatic nitrogens is 4. The summed E-state index contributed by atoms with van der Waals surface area (Å²) >= 11 is 0. The van der Waals surface area contributed by atoms with Gasteiger partial charge in [-0.1, -0.05) is 0 Å². The molecule has 0 saturated heterocycles. The molecule has 3 aromatic rings. The normalized spacial score (nSPS) is 11.3. The van der Waals surface area contributed by atoms with Crippen molar-refractivity contribution in [2.24, 2.45) is 7.05 Å². The summed E-state index contributed by atoms with van der Waals surface area (Å²) in [6.07, 6.45) is 1.13. The Morgan fingerprint density at radius 1 is 1.13 bits per heavy atom. The number of sulfone groups is 1. The molecule has 11 heteroatoms. The number of nitrogens with two attached hydrogens (primary N) is 1. The van der Waals surface area contributed by atoms with Crippen LogP contribution in [0.3, 0.4) is 0 Å². The molecule has 158 valence electrons. The number of hydrogen-bond acceptors (Lipinski definition) is 7. The number of carbonyl (C=O) groups excluding carboxylic acids is 1. The van der Waals surface area contributed by atoms with Crippen LogP contribution in [0.2, 0.25) is 0 Å². The summed E-state index contributed by atoms with van der Waals surface area (Å²) in [6, 6.07) is 7.87. The lowest BCUT2D eigenvalue weighted by Crippen LogP contribution is -2.20. The van der Waals surface area contributed by atoms with Gasteiger partial charge in [0.2, 0.25) is 0 Å². The van der Waals surface area contributed by atoms with Crippen LogP contribution < -0.4 is 16.4 Å². The van der Waals surface area contributed by atoms with Crippen molar-refractivity contribution in [2.45, 2.75) is 19.6 Å². The fourth-order valence-corrected chi connectivity index (χ4v) is 3.61. The maximum Gasteiger partial charge on any atom is 0.323 e. The standard InChI is InChI=1S/C19H23N7O3S/c1-11-17(12(2)26(3)25-11)24-19(27)22-14-7-5-13(6-8-14)18-21-15(9-16(20)23-18)10-30(4,28)29/h5-9H,10H2,1-4H3,(H2,20,21,23)(H2,22,24,27). The number of rotatable bonds is 5. The molecule has 0 saturated carbocycles. The number of anilines is 3. The van der Waals surface area contributed by atoms with E-state index in [0.29, 0.717) is 28.5 Å². The third-order valence-electron chi connectivity index (χ3n) is 4.36. The van der Waals surface area contributed by atoms with Crippen LogP contribution >= 0.6 is 0 Å². The summed E-state index contributed by atoms with van der Waals surface area (Å²) < 4.78 is 24.8. The topological polar surface area (TPSA) is 145 Å². The molecule has 4 N–H and O–H groups in total. The Hall–Kier alpha value is -3.47. The van der Waals surface area contributed by atoms with Crippen molar-refractivity contribution in [3.63, 3.8) is 0 Å². The fourth-order valence-electron chi connectivity index (χ4n) is 2.92. The zero-order chi connectivity index (χ0) is 22.1. The van der Waals surface area contributed by atoms with Gasteiger partial charge in [-0.05, 0) is 38.1 Å². The van der Waals surface area contributed by atoms with Crippen molar-refractivity contribution in [3.05, 3.63) is 47.4 Å². The molecule has 0 fully saturated rings. The zero-order valence-corrected chi connectivity index (χ0v) is 17.9. The predicted octanol–water partition coefficient (Wildman–Crippen LogP) is 2.26. The number of nitrogen functional groups attached to an aromatic ring is 1. The Labute approximate surface area is 174 Å². The van der Waals surface area contributed by atoms with Crippen molar-refractivity contribution < 1.29 is 13.2 Å². The van der Waals surface area contributed by atoms with Crippen molar-refractivity contribution in [1.29, 1.82) is 0 Å². The molecule has 0 aliphatic heterocycles. The summed E-state index contributed by atoms with van der Waals surface area (Å²) in [7, 11) is -1.44. The highest BCUT2D eigenvalue weighted by Gasteiger charge is 2.13. The molecule has 2 aromatic heterocycles. The van der Waals surface area contributed by atoms with Gasteiger partial charge in [0.25, 0.3) is 0 Å². The molecule has 0 unspecified atom stereocenters. The minimum absolute atomic E-state index is 0.183. The molecule has 30 heavy (non-hydrogen) atoms. The van der Waals surface area contributed by atoms with E-state index in [9.17, 15) is 13.2 Å². The number of nitrogens with zero attached hydrogens (tertiary/aromatic N) is 4. The third-order valence-corrected chi connectivity index (χ3v) is 5.18. The molecule has 0 atom stereocenters. The maximum absolute atomic E-state index is 12.3. The molecular weight excluding hydrogens is 406 g/mol. The van der Waals surface area contributed by atoms with Crippen LogP contribution in [-0.4, -0.2) is 40.5 Å². The Morgan fingerprint density at radius 2 is 1.80 bits per heavy atom. The van der Waals surface area contributed by atoms with E-state index in [4.69, 9.17) is 5.73 Å². The van der Waals surface area contributed by atoms with Crippen LogP contribution in [0.4, 0.5) is 22.0 Å². The number of urea groups is 1. The highest BCUT2D eigenvalue weighted by atomic mass is 32.2. The fraction of sp³-hybridized carbons (Fsp3) is 0.263. The molecule has 0 spiro atoms. The number of hydrogen-bond donors (Lipinski definition) is 3. The lowest BCUT2D eigenvalue weighted by atomic mass is 10.2. The monoisotopic (exact) mass is 429 g/mol. The highest BCUT2D eigenvalue weighted by Crippen LogP contribution is 2.22. The molecule has 1 aromatic carbocycles. The maximum atomic E-state index is 12.3. The van der Waals surface area contributed by atoms with Crippen molar-refractivity contribution >= 4 is 33.1 Å². The molecule has 0 radical (unpaired) electrons. The Morgan fingerprint density at radius 3 is 2.37 bits per heavy atom. The van der Waals surface area contributed by atoms with E-state index in [0.717, 1.165) is 17.6 Å². The molecule has 10 nitrogen and oxygen atoms in total. The Bertz CT molecular complexity index is 1200. The first-order valence-corrected chi connectivity index (χ1v) is 11.1. The van der Waals surface area contributed by atoms with Crippen LogP contribution in [0.25, 0.3) is 11.4 Å². The minimum Gasteiger partial charge on any atom is -0.384 e. The van der Waals surface area contributed by atoms with E-state index in [-0.39, 0.29) is 11.6 Å². The average molecular weight is 430 g/mol. The van der Waals surface area contributed by atoms with E-state index in [1.165, 1.54) is 6.07 Å². The first-order valence-electron chi connectivity index (χ1n) is 9.01. The number of aryl methyl sites for hydroxylation is 2. The minimum atomic E-state index is -3.25. The van der Waals surface area contributed by atoms with Gasteiger partial charge in [-0.25, -0.2) is 23.2 Å². The summed E-state index contributed by atoms with van der Waals surface area (Å²) in [5, 5.41) is 9.82. The Balaban J connectivity index is 1.74. The van der Waals surface area contributed by atoms with Crippen molar-refractivity contribution in [1.82, 2.24) is 19.7 Å². The number of benzene rings is 1. The van der Waals surface area contributed by atoms with E-state index in [1.54, 1.807) is 28.9 Å². The quantitative estimate of drug-likeness (QED) is 0.564. The smallest absolute Gasteiger partial charge is 0.323 e. The van der Waals surface area contributed by atoms with Crippen molar-refractivity contribution in [2.75, 3.05) is 22.6 Å². The summed E-state index contributed by atoms with van der Waals surface area (Å²) in [6.45, 7) is 3.69. The van der Waals surface area contributed by atoms with E-state index in [2.05, 4.69) is 25.7 Å². The van der Waals surface area contributed by atoms with Gasteiger partial charge in [-0.2, -0.15) is 5.10 Å².